The Morgan fingerprint density at radius 3 is 1.46 bits per heavy atom. The molecule has 4 nitrogen and oxygen atoms in total. The Morgan fingerprint density at radius 2 is 1.07 bits per heavy atom. The molecular weight excluding hydrogens is 352 g/mol. The average Bonchev–Trinajstić information content (AvgIpc) is 2.59. The second-order valence-electron chi connectivity index (χ2n) is 9.08. The molecule has 0 bridgehead atoms. The average molecular weight is 399 g/mol. The fourth-order valence-electron chi connectivity index (χ4n) is 3.57. The number of unbranched alkanes of at least 4 members (excludes halogenated alkanes) is 14. The molecule has 0 radical (unpaired) electrons. The van der Waals surface area contributed by atoms with Crippen molar-refractivity contribution in [1.82, 2.24) is 0 Å². The monoisotopic (exact) mass is 398 g/mol. The first kappa shape index (κ1) is 26.9. The number of aliphatic carboxylic acids is 1. The quantitative estimate of drug-likeness (QED) is 0.173. The lowest BCUT2D eigenvalue weighted by Gasteiger charge is -2.20. The SMILES string of the molecule is CCCCCCCCCCCCCCCCCOC(=O)CC(C)(C)CC(=O)O. The molecular formula is C24H46O4. The van der Waals surface area contributed by atoms with E-state index in [1.54, 1.807) is 13.8 Å². The first-order chi connectivity index (χ1) is 13.4. The molecule has 0 fully saturated rings. The second-order valence-corrected chi connectivity index (χ2v) is 9.08. The minimum Gasteiger partial charge on any atom is -0.481 e. The van der Waals surface area contributed by atoms with Gasteiger partial charge in [0.05, 0.1) is 19.4 Å². The lowest BCUT2D eigenvalue weighted by molar-refractivity contribution is -0.147. The van der Waals surface area contributed by atoms with E-state index in [2.05, 4.69) is 6.92 Å². The summed E-state index contributed by atoms with van der Waals surface area (Å²) in [5.74, 6) is -1.16. The summed E-state index contributed by atoms with van der Waals surface area (Å²) in [5.41, 5.74) is -0.544. The Labute approximate surface area is 173 Å². The van der Waals surface area contributed by atoms with Crippen molar-refractivity contribution < 1.29 is 19.4 Å². The third-order valence-electron chi connectivity index (χ3n) is 5.26. The van der Waals surface area contributed by atoms with Crippen molar-refractivity contribution in [3.8, 4) is 0 Å². The van der Waals surface area contributed by atoms with Gasteiger partial charge in [0.15, 0.2) is 0 Å². The standard InChI is InChI=1S/C24H46O4/c1-4-5-6-7-8-9-10-11-12-13-14-15-16-17-18-19-28-23(27)21-24(2,3)20-22(25)26/h4-21H2,1-3H3,(H,25,26). The molecule has 0 rings (SSSR count). The lowest BCUT2D eigenvalue weighted by atomic mass is 9.86. The summed E-state index contributed by atoms with van der Waals surface area (Å²) in [4.78, 5) is 22.5. The van der Waals surface area contributed by atoms with Gasteiger partial charge in [-0.2, -0.15) is 0 Å². The molecule has 0 aliphatic rings. The lowest BCUT2D eigenvalue weighted by Crippen LogP contribution is -2.22. The van der Waals surface area contributed by atoms with Crippen LogP contribution in [0.2, 0.25) is 0 Å². The Balaban J connectivity index is 3.31. The molecule has 0 aromatic heterocycles. The molecule has 4 heteroatoms. The first-order valence-corrected chi connectivity index (χ1v) is 11.7. The Bertz CT molecular complexity index is 390. The smallest absolute Gasteiger partial charge is 0.306 e. The maximum Gasteiger partial charge on any atom is 0.306 e. The van der Waals surface area contributed by atoms with Crippen LogP contribution in [0.4, 0.5) is 0 Å². The second kappa shape index (κ2) is 18.0. The van der Waals surface area contributed by atoms with Gasteiger partial charge in [-0.1, -0.05) is 111 Å². The summed E-state index contributed by atoms with van der Waals surface area (Å²) in [6.45, 7) is 6.30. The van der Waals surface area contributed by atoms with Crippen LogP contribution in [-0.4, -0.2) is 23.7 Å². The highest BCUT2D eigenvalue weighted by molar-refractivity contribution is 5.73. The molecule has 0 heterocycles. The third kappa shape index (κ3) is 19.7. The summed E-state index contributed by atoms with van der Waals surface area (Å²) in [7, 11) is 0. The molecule has 0 aliphatic heterocycles. The summed E-state index contributed by atoms with van der Waals surface area (Å²) in [5, 5.41) is 8.83. The van der Waals surface area contributed by atoms with Gasteiger partial charge in [-0.25, -0.2) is 0 Å². The minimum absolute atomic E-state index is 0.0128. The molecule has 0 aromatic carbocycles. The maximum absolute atomic E-state index is 11.8. The van der Waals surface area contributed by atoms with E-state index in [0.29, 0.717) is 6.61 Å². The largest absolute Gasteiger partial charge is 0.481 e. The van der Waals surface area contributed by atoms with E-state index in [-0.39, 0.29) is 18.8 Å². The zero-order chi connectivity index (χ0) is 21.1. The van der Waals surface area contributed by atoms with Crippen LogP contribution in [0.5, 0.6) is 0 Å². The summed E-state index contributed by atoms with van der Waals surface area (Å²) in [6, 6.07) is 0. The Morgan fingerprint density at radius 1 is 0.679 bits per heavy atom. The fourth-order valence-corrected chi connectivity index (χ4v) is 3.57. The number of carboxylic acids is 1. The molecule has 166 valence electrons. The van der Waals surface area contributed by atoms with E-state index in [9.17, 15) is 9.59 Å². The Hall–Kier alpha value is -1.06. The van der Waals surface area contributed by atoms with E-state index in [0.717, 1.165) is 12.8 Å². The highest BCUT2D eigenvalue weighted by Gasteiger charge is 2.25. The number of ether oxygens (including phenoxy) is 1. The fraction of sp³-hybridized carbons (Fsp3) is 0.917. The molecule has 0 spiro atoms. The molecule has 0 amide bonds. The van der Waals surface area contributed by atoms with Gasteiger partial charge in [-0.15, -0.1) is 0 Å². The summed E-state index contributed by atoms with van der Waals surface area (Å²) < 4.78 is 5.24. The van der Waals surface area contributed by atoms with Gasteiger partial charge in [0, 0.05) is 0 Å². The molecule has 0 aromatic rings. The van der Waals surface area contributed by atoms with Gasteiger partial charge in [0.1, 0.15) is 0 Å². The zero-order valence-corrected chi connectivity index (χ0v) is 18.9. The third-order valence-corrected chi connectivity index (χ3v) is 5.26. The number of carbonyl (C=O) groups excluding carboxylic acids is 1. The van der Waals surface area contributed by atoms with Crippen LogP contribution in [0.25, 0.3) is 0 Å². The van der Waals surface area contributed by atoms with Crippen molar-refractivity contribution in [2.24, 2.45) is 5.41 Å². The zero-order valence-electron chi connectivity index (χ0n) is 18.9. The summed E-state index contributed by atoms with van der Waals surface area (Å²) in [6.07, 6.45) is 19.9. The normalized spacial score (nSPS) is 11.5. The number of esters is 1. The number of rotatable bonds is 20. The highest BCUT2D eigenvalue weighted by atomic mass is 16.5. The molecule has 0 saturated heterocycles. The van der Waals surface area contributed by atoms with Crippen LogP contribution in [0.1, 0.15) is 130 Å². The van der Waals surface area contributed by atoms with Crippen LogP contribution in [-0.2, 0) is 14.3 Å². The topological polar surface area (TPSA) is 63.6 Å². The molecule has 0 aliphatic carbocycles. The molecule has 28 heavy (non-hydrogen) atoms. The molecule has 0 atom stereocenters. The van der Waals surface area contributed by atoms with Gasteiger partial charge in [-0.05, 0) is 11.8 Å². The Kier molecular flexibility index (Phi) is 17.3. The number of hydrogen-bond acceptors (Lipinski definition) is 3. The van der Waals surface area contributed by atoms with Gasteiger partial charge in [0.25, 0.3) is 0 Å². The van der Waals surface area contributed by atoms with Crippen molar-refractivity contribution in [2.75, 3.05) is 6.61 Å². The van der Waals surface area contributed by atoms with Crippen molar-refractivity contribution in [3.05, 3.63) is 0 Å². The van der Waals surface area contributed by atoms with Crippen molar-refractivity contribution in [3.63, 3.8) is 0 Å². The number of carbonyl (C=O) groups is 2. The van der Waals surface area contributed by atoms with Crippen molar-refractivity contribution >= 4 is 11.9 Å². The summed E-state index contributed by atoms with van der Waals surface area (Å²) >= 11 is 0. The van der Waals surface area contributed by atoms with E-state index in [4.69, 9.17) is 9.84 Å². The van der Waals surface area contributed by atoms with E-state index < -0.39 is 11.4 Å². The highest BCUT2D eigenvalue weighted by Crippen LogP contribution is 2.25. The van der Waals surface area contributed by atoms with Gasteiger partial charge >= 0.3 is 11.9 Å². The van der Waals surface area contributed by atoms with E-state index in [1.165, 1.54) is 83.5 Å². The predicted molar refractivity (Wildman–Crippen MR) is 117 cm³/mol. The van der Waals surface area contributed by atoms with E-state index in [1.807, 2.05) is 0 Å². The first-order valence-electron chi connectivity index (χ1n) is 11.7. The van der Waals surface area contributed by atoms with E-state index >= 15 is 0 Å². The van der Waals surface area contributed by atoms with Crippen molar-refractivity contribution in [2.45, 2.75) is 130 Å². The molecule has 1 N–H and O–H groups in total. The van der Waals surface area contributed by atoms with Crippen molar-refractivity contribution in [1.29, 1.82) is 0 Å². The number of hydrogen-bond donors (Lipinski definition) is 1. The minimum atomic E-state index is -0.875. The van der Waals surface area contributed by atoms with Crippen LogP contribution < -0.4 is 0 Å². The molecule has 0 unspecified atom stereocenters. The van der Waals surface area contributed by atoms with Gasteiger partial charge in [-0.3, -0.25) is 9.59 Å². The van der Waals surface area contributed by atoms with Gasteiger partial charge < -0.3 is 9.84 Å². The molecule has 0 saturated carbocycles. The predicted octanol–water partition coefficient (Wildman–Crippen LogP) is 7.29. The van der Waals surface area contributed by atoms with Crippen LogP contribution in [0, 0.1) is 5.41 Å². The van der Waals surface area contributed by atoms with Gasteiger partial charge in [0.2, 0.25) is 0 Å². The van der Waals surface area contributed by atoms with Crippen LogP contribution >= 0.6 is 0 Å². The van der Waals surface area contributed by atoms with Crippen LogP contribution in [0.3, 0.4) is 0 Å². The number of carboxylic acid groups (broad SMARTS) is 1. The van der Waals surface area contributed by atoms with Crippen LogP contribution in [0.15, 0.2) is 0 Å². The maximum atomic E-state index is 11.8.